The van der Waals surface area contributed by atoms with Crippen molar-refractivity contribution in [2.75, 3.05) is 6.54 Å². The number of carbonyl (C=O) groups excluding carboxylic acids is 1. The van der Waals surface area contributed by atoms with E-state index in [1.54, 1.807) is 0 Å². The van der Waals surface area contributed by atoms with Crippen molar-refractivity contribution in [3.8, 4) is 0 Å². The first-order valence-electron chi connectivity index (χ1n) is 6.01. The SMILES string of the molecule is CCC1CC1NC(=O)N1C[C@H](O)C[C@@H]1C(=O)O. The molecule has 17 heavy (non-hydrogen) atoms. The van der Waals surface area contributed by atoms with E-state index in [0.717, 1.165) is 12.8 Å². The highest BCUT2D eigenvalue weighted by Gasteiger charge is 2.42. The van der Waals surface area contributed by atoms with Gasteiger partial charge in [-0.15, -0.1) is 0 Å². The lowest BCUT2D eigenvalue weighted by atomic mass is 10.2. The highest BCUT2D eigenvalue weighted by molar-refractivity contribution is 5.83. The van der Waals surface area contributed by atoms with Gasteiger partial charge < -0.3 is 20.4 Å². The number of aliphatic hydroxyl groups is 1. The minimum atomic E-state index is -1.06. The summed E-state index contributed by atoms with van der Waals surface area (Å²) in [6.07, 6.45) is 1.37. The van der Waals surface area contributed by atoms with Gasteiger partial charge in [-0.1, -0.05) is 13.3 Å². The number of hydrogen-bond donors (Lipinski definition) is 3. The number of carboxylic acids is 1. The van der Waals surface area contributed by atoms with E-state index in [1.165, 1.54) is 4.90 Å². The molecule has 1 saturated heterocycles. The molecule has 3 N–H and O–H groups in total. The van der Waals surface area contributed by atoms with Crippen LogP contribution in [0.3, 0.4) is 0 Å². The van der Waals surface area contributed by atoms with Crippen molar-refractivity contribution >= 4 is 12.0 Å². The second kappa shape index (κ2) is 4.52. The summed E-state index contributed by atoms with van der Waals surface area (Å²) in [7, 11) is 0. The van der Waals surface area contributed by atoms with Crippen LogP contribution in [-0.4, -0.2) is 51.8 Å². The van der Waals surface area contributed by atoms with Gasteiger partial charge >= 0.3 is 12.0 Å². The smallest absolute Gasteiger partial charge is 0.326 e. The van der Waals surface area contributed by atoms with Crippen molar-refractivity contribution in [3.63, 3.8) is 0 Å². The molecule has 0 aromatic heterocycles. The number of nitrogens with zero attached hydrogens (tertiary/aromatic N) is 1. The summed E-state index contributed by atoms with van der Waals surface area (Å²) >= 11 is 0. The Kier molecular flexibility index (Phi) is 3.24. The van der Waals surface area contributed by atoms with E-state index in [1.807, 2.05) is 0 Å². The average Bonchev–Trinajstić information content (AvgIpc) is 2.89. The molecular formula is C11H18N2O4. The van der Waals surface area contributed by atoms with Crippen LogP contribution >= 0.6 is 0 Å². The molecule has 2 aliphatic rings. The third-order valence-electron chi connectivity index (χ3n) is 3.58. The van der Waals surface area contributed by atoms with Crippen LogP contribution in [0.4, 0.5) is 4.79 Å². The fourth-order valence-corrected chi connectivity index (χ4v) is 2.39. The lowest BCUT2D eigenvalue weighted by molar-refractivity contribution is -0.141. The van der Waals surface area contributed by atoms with Gasteiger partial charge in [0.2, 0.25) is 0 Å². The number of carbonyl (C=O) groups is 2. The molecule has 2 unspecified atom stereocenters. The van der Waals surface area contributed by atoms with Gasteiger partial charge in [-0.25, -0.2) is 9.59 Å². The fourth-order valence-electron chi connectivity index (χ4n) is 2.39. The van der Waals surface area contributed by atoms with E-state index in [0.29, 0.717) is 5.92 Å². The van der Waals surface area contributed by atoms with Gasteiger partial charge in [0, 0.05) is 19.0 Å². The molecule has 2 rings (SSSR count). The Hall–Kier alpha value is -1.30. The number of amides is 2. The summed E-state index contributed by atoms with van der Waals surface area (Å²) in [5, 5.41) is 21.2. The first-order valence-corrected chi connectivity index (χ1v) is 6.01. The number of likely N-dealkylation sites (tertiary alicyclic amines) is 1. The van der Waals surface area contributed by atoms with Gasteiger partial charge in [-0.05, 0) is 12.3 Å². The van der Waals surface area contributed by atoms with E-state index in [2.05, 4.69) is 12.2 Å². The molecule has 6 nitrogen and oxygen atoms in total. The quantitative estimate of drug-likeness (QED) is 0.650. The van der Waals surface area contributed by atoms with E-state index in [9.17, 15) is 14.7 Å². The summed E-state index contributed by atoms with van der Waals surface area (Å²) in [6.45, 7) is 2.17. The van der Waals surface area contributed by atoms with E-state index >= 15 is 0 Å². The van der Waals surface area contributed by atoms with E-state index in [4.69, 9.17) is 5.11 Å². The van der Waals surface area contributed by atoms with Gasteiger partial charge in [0.05, 0.1) is 6.10 Å². The number of rotatable bonds is 3. The number of hydrogen-bond acceptors (Lipinski definition) is 3. The Bertz CT molecular complexity index is 333. The molecule has 4 atom stereocenters. The Balaban J connectivity index is 1.91. The van der Waals surface area contributed by atoms with Crippen molar-refractivity contribution in [2.24, 2.45) is 5.92 Å². The summed E-state index contributed by atoms with van der Waals surface area (Å²) in [5.74, 6) is -0.533. The van der Waals surface area contributed by atoms with Gasteiger partial charge in [-0.2, -0.15) is 0 Å². The van der Waals surface area contributed by atoms with Gasteiger partial charge in [0.15, 0.2) is 0 Å². The minimum Gasteiger partial charge on any atom is -0.480 e. The number of nitrogens with one attached hydrogen (secondary N) is 1. The van der Waals surface area contributed by atoms with Gasteiger partial charge in [0.25, 0.3) is 0 Å². The van der Waals surface area contributed by atoms with E-state index in [-0.39, 0.29) is 25.0 Å². The monoisotopic (exact) mass is 242 g/mol. The molecule has 2 amide bonds. The topological polar surface area (TPSA) is 89.9 Å². The summed E-state index contributed by atoms with van der Waals surface area (Å²) in [4.78, 5) is 24.0. The summed E-state index contributed by atoms with van der Waals surface area (Å²) in [6, 6.07) is -1.08. The van der Waals surface area contributed by atoms with Crippen molar-refractivity contribution in [1.82, 2.24) is 10.2 Å². The lowest BCUT2D eigenvalue weighted by Crippen LogP contribution is -2.47. The highest BCUT2D eigenvalue weighted by atomic mass is 16.4. The molecule has 1 aliphatic carbocycles. The molecule has 0 spiro atoms. The predicted molar refractivity (Wildman–Crippen MR) is 59.5 cm³/mol. The summed E-state index contributed by atoms with van der Waals surface area (Å²) in [5.41, 5.74) is 0. The van der Waals surface area contributed by atoms with E-state index < -0.39 is 18.1 Å². The third kappa shape index (κ3) is 2.52. The Morgan fingerprint density at radius 1 is 1.41 bits per heavy atom. The lowest BCUT2D eigenvalue weighted by Gasteiger charge is -2.21. The van der Waals surface area contributed by atoms with Crippen LogP contribution in [0.2, 0.25) is 0 Å². The molecule has 0 aromatic rings. The molecule has 0 radical (unpaired) electrons. The number of β-amino-alcohol motifs (C(OH)–C–C–N with tert-alkyl or cyclic N) is 1. The first-order chi connectivity index (χ1) is 8.02. The van der Waals surface area contributed by atoms with Crippen LogP contribution in [-0.2, 0) is 4.79 Å². The van der Waals surface area contributed by atoms with Crippen LogP contribution in [0, 0.1) is 5.92 Å². The van der Waals surface area contributed by atoms with Crippen LogP contribution in [0.5, 0.6) is 0 Å². The zero-order chi connectivity index (χ0) is 12.6. The third-order valence-corrected chi connectivity index (χ3v) is 3.58. The van der Waals surface area contributed by atoms with Crippen molar-refractivity contribution < 1.29 is 19.8 Å². The maximum absolute atomic E-state index is 11.9. The highest BCUT2D eigenvalue weighted by Crippen LogP contribution is 2.33. The molecule has 1 aliphatic heterocycles. The maximum Gasteiger partial charge on any atom is 0.326 e. The molecule has 6 heteroatoms. The zero-order valence-electron chi connectivity index (χ0n) is 9.80. The Morgan fingerprint density at radius 3 is 2.65 bits per heavy atom. The first kappa shape index (κ1) is 12.2. The normalized spacial score (nSPS) is 35.8. The molecule has 1 saturated carbocycles. The van der Waals surface area contributed by atoms with Crippen molar-refractivity contribution in [3.05, 3.63) is 0 Å². The van der Waals surface area contributed by atoms with Gasteiger partial charge in [-0.3, -0.25) is 0 Å². The second-order valence-electron chi connectivity index (χ2n) is 4.86. The summed E-state index contributed by atoms with van der Waals surface area (Å²) < 4.78 is 0. The maximum atomic E-state index is 11.9. The average molecular weight is 242 g/mol. The Labute approximate surface area is 99.6 Å². The molecule has 1 heterocycles. The molecular weight excluding hydrogens is 224 g/mol. The molecule has 2 fully saturated rings. The van der Waals surface area contributed by atoms with Crippen molar-refractivity contribution in [2.45, 2.75) is 44.4 Å². The standard InChI is InChI=1S/C11H18N2O4/c1-2-6-3-8(6)12-11(17)13-5-7(14)4-9(13)10(15)16/h6-9,14H,2-5H2,1H3,(H,12,17)(H,15,16)/t6?,7-,8?,9-/m1/s1. The number of aliphatic carboxylic acids is 1. The van der Waals surface area contributed by atoms with Gasteiger partial charge in [0.1, 0.15) is 6.04 Å². The number of urea groups is 1. The van der Waals surface area contributed by atoms with Crippen LogP contribution in [0.1, 0.15) is 26.2 Å². The minimum absolute atomic E-state index is 0.103. The molecule has 96 valence electrons. The molecule has 0 bridgehead atoms. The Morgan fingerprint density at radius 2 is 2.12 bits per heavy atom. The van der Waals surface area contributed by atoms with Crippen LogP contribution in [0.25, 0.3) is 0 Å². The van der Waals surface area contributed by atoms with Crippen LogP contribution in [0.15, 0.2) is 0 Å². The predicted octanol–water partition coefficient (Wildman–Crippen LogP) is 0.0143. The largest absolute Gasteiger partial charge is 0.480 e. The van der Waals surface area contributed by atoms with Crippen molar-refractivity contribution in [1.29, 1.82) is 0 Å². The number of carboxylic acid groups (broad SMARTS) is 1. The fraction of sp³-hybridized carbons (Fsp3) is 0.818. The number of aliphatic hydroxyl groups excluding tert-OH is 1. The second-order valence-corrected chi connectivity index (χ2v) is 4.86. The van der Waals surface area contributed by atoms with Crippen LogP contribution < -0.4 is 5.32 Å². The zero-order valence-corrected chi connectivity index (χ0v) is 9.80. The molecule has 0 aromatic carbocycles.